The van der Waals surface area contributed by atoms with E-state index in [2.05, 4.69) is 50.4 Å². The summed E-state index contributed by atoms with van der Waals surface area (Å²) in [5.74, 6) is -0.252. The molecule has 2 atom stereocenters. The van der Waals surface area contributed by atoms with Crippen molar-refractivity contribution >= 4 is 28.7 Å². The van der Waals surface area contributed by atoms with E-state index in [9.17, 15) is 4.39 Å². The van der Waals surface area contributed by atoms with Gasteiger partial charge in [-0.05, 0) is 86.2 Å². The fourth-order valence-corrected chi connectivity index (χ4v) is 5.30. The van der Waals surface area contributed by atoms with Gasteiger partial charge >= 0.3 is 0 Å². The predicted molar refractivity (Wildman–Crippen MR) is 144 cm³/mol. The molecule has 1 aliphatic rings. The second kappa shape index (κ2) is 9.15. The summed E-state index contributed by atoms with van der Waals surface area (Å²) in [5, 5.41) is 4.15. The highest BCUT2D eigenvalue weighted by atomic mass is 32.1. The van der Waals surface area contributed by atoms with E-state index in [0.717, 1.165) is 34.0 Å². The lowest BCUT2D eigenvalue weighted by molar-refractivity contribution is 0.564. The molecule has 2 aromatic carbocycles. The van der Waals surface area contributed by atoms with Crippen LogP contribution in [0.1, 0.15) is 34.7 Å². The van der Waals surface area contributed by atoms with Crippen molar-refractivity contribution in [1.82, 2.24) is 14.9 Å². The summed E-state index contributed by atoms with van der Waals surface area (Å²) in [6.07, 6.45) is 1.80. The Morgan fingerprint density at radius 2 is 1.69 bits per heavy atom. The molecule has 2 aromatic heterocycles. The van der Waals surface area contributed by atoms with Gasteiger partial charge in [0.1, 0.15) is 5.82 Å². The van der Waals surface area contributed by atoms with Crippen molar-refractivity contribution in [3.8, 4) is 5.69 Å². The van der Waals surface area contributed by atoms with Crippen molar-refractivity contribution in [3.63, 3.8) is 0 Å². The van der Waals surface area contributed by atoms with E-state index < -0.39 is 0 Å². The zero-order valence-corrected chi connectivity index (χ0v) is 21.1. The van der Waals surface area contributed by atoms with Crippen LogP contribution < -0.4 is 15.1 Å². The Morgan fingerprint density at radius 1 is 0.971 bits per heavy atom. The molecule has 1 saturated heterocycles. The number of aromatic nitrogens is 2. The quantitative estimate of drug-likeness (QED) is 0.358. The molecule has 4 aromatic rings. The largest absolute Gasteiger partial charge is 0.378 e. The first-order chi connectivity index (χ1) is 16.9. The molecule has 35 heavy (non-hydrogen) atoms. The van der Waals surface area contributed by atoms with Gasteiger partial charge in [-0.3, -0.25) is 4.98 Å². The minimum absolute atomic E-state index is 0.158. The Labute approximate surface area is 210 Å². The average Bonchev–Trinajstić information content (AvgIpc) is 3.35. The Kier molecular flexibility index (Phi) is 6.03. The Balaban J connectivity index is 1.67. The Hall–Kier alpha value is -3.71. The normalized spacial score (nSPS) is 17.5. The molecule has 0 spiro atoms. The number of nitrogens with one attached hydrogen (secondary N) is 1. The molecule has 0 aliphatic carbocycles. The molecular weight excluding hydrogens is 457 g/mol. The van der Waals surface area contributed by atoms with Gasteiger partial charge in [0.2, 0.25) is 0 Å². The lowest BCUT2D eigenvalue weighted by Crippen LogP contribution is -2.29. The van der Waals surface area contributed by atoms with Crippen LogP contribution in [0.15, 0.2) is 79.0 Å². The van der Waals surface area contributed by atoms with Crippen LogP contribution in [0.3, 0.4) is 0 Å². The zero-order valence-electron chi connectivity index (χ0n) is 20.2. The van der Waals surface area contributed by atoms with Gasteiger partial charge in [-0.2, -0.15) is 0 Å². The smallest absolute Gasteiger partial charge is 0.174 e. The van der Waals surface area contributed by atoms with E-state index in [1.165, 1.54) is 6.07 Å². The van der Waals surface area contributed by atoms with Crippen LogP contribution in [0.5, 0.6) is 0 Å². The molecule has 7 heteroatoms. The molecule has 5 nitrogen and oxygen atoms in total. The van der Waals surface area contributed by atoms with Crippen molar-refractivity contribution in [2.24, 2.45) is 0 Å². The fraction of sp³-hybridized carbons (Fsp3) is 0.214. The number of pyridine rings is 1. The van der Waals surface area contributed by atoms with Crippen LogP contribution in [-0.4, -0.2) is 28.8 Å². The van der Waals surface area contributed by atoms with E-state index in [0.29, 0.717) is 10.8 Å². The standard InChI is InChI=1S/C28H28FN5S/c1-18-17-22(19(2)33(18)25-11-6-5-9-23(25)29)27-26(24-10-7-8-16-30-24)31-28(35)34(27)21-14-12-20(13-15-21)32(3)4/h5-17,26-27H,1-4H3,(H,31,35)/t26-,27+/m0/s1. The number of hydrogen-bond donors (Lipinski definition) is 1. The predicted octanol–water partition coefficient (Wildman–Crippen LogP) is 5.87. The highest BCUT2D eigenvalue weighted by Crippen LogP contribution is 2.44. The van der Waals surface area contributed by atoms with Gasteiger partial charge in [0, 0.05) is 43.1 Å². The molecular formula is C28H28FN5S. The molecule has 178 valence electrons. The van der Waals surface area contributed by atoms with Gasteiger partial charge in [0.15, 0.2) is 5.11 Å². The maximum absolute atomic E-state index is 14.8. The third-order valence-corrected chi connectivity index (χ3v) is 6.94. The number of para-hydroxylation sites is 1. The molecule has 1 aliphatic heterocycles. The fourth-order valence-electron chi connectivity index (χ4n) is 4.95. The first-order valence-electron chi connectivity index (χ1n) is 11.6. The number of anilines is 2. The molecule has 0 radical (unpaired) electrons. The van der Waals surface area contributed by atoms with Crippen LogP contribution in [0.25, 0.3) is 5.69 Å². The second-order valence-corrected chi connectivity index (χ2v) is 9.41. The number of halogens is 1. The van der Waals surface area contributed by atoms with Crippen molar-refractivity contribution in [3.05, 3.63) is 107 Å². The van der Waals surface area contributed by atoms with Gasteiger partial charge in [-0.15, -0.1) is 0 Å². The van der Waals surface area contributed by atoms with Gasteiger partial charge < -0.3 is 19.7 Å². The zero-order chi connectivity index (χ0) is 24.7. The number of rotatable bonds is 5. The molecule has 5 rings (SSSR count). The lowest BCUT2D eigenvalue weighted by Gasteiger charge is -2.28. The summed E-state index contributed by atoms with van der Waals surface area (Å²) in [6, 6.07) is 23.0. The van der Waals surface area contributed by atoms with Crippen molar-refractivity contribution in [2.75, 3.05) is 23.9 Å². The van der Waals surface area contributed by atoms with Crippen molar-refractivity contribution in [2.45, 2.75) is 25.9 Å². The van der Waals surface area contributed by atoms with E-state index in [-0.39, 0.29) is 17.9 Å². The third-order valence-electron chi connectivity index (χ3n) is 6.62. The van der Waals surface area contributed by atoms with E-state index in [4.69, 9.17) is 12.2 Å². The molecule has 0 unspecified atom stereocenters. The number of thiocarbonyl (C=S) groups is 1. The van der Waals surface area contributed by atoms with Crippen LogP contribution in [0, 0.1) is 19.7 Å². The first-order valence-corrected chi connectivity index (χ1v) is 12.0. The minimum atomic E-state index is -0.252. The van der Waals surface area contributed by atoms with Crippen molar-refractivity contribution in [1.29, 1.82) is 0 Å². The second-order valence-electron chi connectivity index (χ2n) is 9.02. The molecule has 0 bridgehead atoms. The SMILES string of the molecule is Cc1cc([C@@H]2[C@H](c3ccccn3)NC(=S)N2c2ccc(N(C)C)cc2)c(C)n1-c1ccccc1F. The maximum Gasteiger partial charge on any atom is 0.174 e. The van der Waals surface area contributed by atoms with E-state index in [1.807, 2.05) is 62.8 Å². The topological polar surface area (TPSA) is 36.3 Å². The van der Waals surface area contributed by atoms with Crippen LogP contribution in [-0.2, 0) is 0 Å². The highest BCUT2D eigenvalue weighted by Gasteiger charge is 2.42. The molecule has 1 N–H and O–H groups in total. The molecule has 0 amide bonds. The summed E-state index contributed by atoms with van der Waals surface area (Å²) in [5.41, 5.74) is 6.56. The first kappa shape index (κ1) is 23.1. The lowest BCUT2D eigenvalue weighted by atomic mass is 9.96. The van der Waals surface area contributed by atoms with Gasteiger partial charge in [-0.25, -0.2) is 4.39 Å². The van der Waals surface area contributed by atoms with Crippen LogP contribution in [0.2, 0.25) is 0 Å². The van der Waals surface area contributed by atoms with Crippen molar-refractivity contribution < 1.29 is 4.39 Å². The third kappa shape index (κ3) is 4.06. The molecule has 1 fully saturated rings. The average molecular weight is 486 g/mol. The van der Waals surface area contributed by atoms with Gasteiger partial charge in [-0.1, -0.05) is 18.2 Å². The maximum atomic E-state index is 14.8. The van der Waals surface area contributed by atoms with E-state index in [1.54, 1.807) is 12.3 Å². The van der Waals surface area contributed by atoms with Gasteiger partial charge in [0.25, 0.3) is 0 Å². The number of aryl methyl sites for hydroxylation is 1. The summed E-state index contributed by atoms with van der Waals surface area (Å²) < 4.78 is 16.8. The Morgan fingerprint density at radius 3 is 2.34 bits per heavy atom. The number of nitrogens with zero attached hydrogens (tertiary/aromatic N) is 4. The van der Waals surface area contributed by atoms with Crippen LogP contribution >= 0.6 is 12.2 Å². The monoisotopic (exact) mass is 485 g/mol. The Bertz CT molecular complexity index is 1360. The van der Waals surface area contributed by atoms with E-state index >= 15 is 0 Å². The number of benzene rings is 2. The van der Waals surface area contributed by atoms with Crippen LogP contribution in [0.4, 0.5) is 15.8 Å². The minimum Gasteiger partial charge on any atom is -0.378 e. The summed E-state index contributed by atoms with van der Waals surface area (Å²) in [7, 11) is 4.04. The highest BCUT2D eigenvalue weighted by molar-refractivity contribution is 7.80. The molecule has 0 saturated carbocycles. The summed E-state index contributed by atoms with van der Waals surface area (Å²) in [6.45, 7) is 4.05. The molecule has 3 heterocycles. The number of hydrogen-bond acceptors (Lipinski definition) is 3. The van der Waals surface area contributed by atoms with Gasteiger partial charge in [0.05, 0.1) is 23.5 Å². The summed E-state index contributed by atoms with van der Waals surface area (Å²) in [4.78, 5) is 8.87. The summed E-state index contributed by atoms with van der Waals surface area (Å²) >= 11 is 5.87.